The van der Waals surface area contributed by atoms with Crippen LogP contribution in [0.5, 0.6) is 0 Å². The van der Waals surface area contributed by atoms with Crippen LogP contribution in [-0.4, -0.2) is 11.7 Å². The minimum Gasteiger partial charge on any atom is -0.467 e. The zero-order valence-electron chi connectivity index (χ0n) is 13.3. The predicted octanol–water partition coefficient (Wildman–Crippen LogP) is 4.51. The molecule has 0 saturated heterocycles. The molecule has 0 spiro atoms. The van der Waals surface area contributed by atoms with Crippen molar-refractivity contribution in [3.05, 3.63) is 59.5 Å². The molecule has 1 aromatic heterocycles. The topological polar surface area (TPSA) is 42.2 Å². The van der Waals surface area contributed by atoms with Crippen molar-refractivity contribution >= 4 is 17.7 Å². The van der Waals surface area contributed by atoms with Gasteiger partial charge < -0.3 is 9.73 Å². The van der Waals surface area contributed by atoms with Crippen molar-refractivity contribution in [1.29, 1.82) is 0 Å². The highest BCUT2D eigenvalue weighted by Crippen LogP contribution is 2.18. The van der Waals surface area contributed by atoms with Gasteiger partial charge in [-0.05, 0) is 36.1 Å². The summed E-state index contributed by atoms with van der Waals surface area (Å²) in [6.07, 6.45) is 1.62. The first kappa shape index (κ1) is 16.7. The van der Waals surface area contributed by atoms with Crippen molar-refractivity contribution in [1.82, 2.24) is 5.32 Å². The summed E-state index contributed by atoms with van der Waals surface area (Å²) in [5.74, 6) is 2.67. The molecule has 4 heteroatoms. The Morgan fingerprint density at radius 1 is 1.18 bits per heavy atom. The van der Waals surface area contributed by atoms with Gasteiger partial charge in [0.25, 0.3) is 0 Å². The van der Waals surface area contributed by atoms with Crippen molar-refractivity contribution in [2.45, 2.75) is 38.5 Å². The zero-order valence-corrected chi connectivity index (χ0v) is 14.2. The molecule has 0 aliphatic heterocycles. The lowest BCUT2D eigenvalue weighted by Gasteiger charge is -2.11. The minimum absolute atomic E-state index is 0.0349. The standard InChI is InChI=1S/C18H23NO2S/c1-13(2)16-8-6-15(7-9-16)11-22-12-18(20)19-14(3)17-5-4-10-21-17/h4-10,13-14H,11-12H2,1-3H3,(H,19,20). The van der Waals surface area contributed by atoms with Gasteiger partial charge in [0.05, 0.1) is 18.1 Å². The Bertz CT molecular complexity index is 576. The third-order valence-electron chi connectivity index (χ3n) is 3.50. The van der Waals surface area contributed by atoms with Crippen LogP contribution in [0.3, 0.4) is 0 Å². The van der Waals surface area contributed by atoms with E-state index in [-0.39, 0.29) is 11.9 Å². The van der Waals surface area contributed by atoms with Crippen LogP contribution in [0.25, 0.3) is 0 Å². The number of furan rings is 1. The van der Waals surface area contributed by atoms with Crippen molar-refractivity contribution in [3.63, 3.8) is 0 Å². The van der Waals surface area contributed by atoms with Crippen LogP contribution in [0.2, 0.25) is 0 Å². The number of amides is 1. The molecule has 0 bridgehead atoms. The monoisotopic (exact) mass is 317 g/mol. The number of hydrogen-bond donors (Lipinski definition) is 1. The van der Waals surface area contributed by atoms with Gasteiger partial charge in [0.2, 0.25) is 5.91 Å². The second-order valence-corrected chi connectivity index (χ2v) is 6.68. The molecule has 22 heavy (non-hydrogen) atoms. The van der Waals surface area contributed by atoms with Gasteiger partial charge in [-0.15, -0.1) is 11.8 Å². The van der Waals surface area contributed by atoms with E-state index < -0.39 is 0 Å². The fourth-order valence-corrected chi connectivity index (χ4v) is 2.95. The zero-order chi connectivity index (χ0) is 15.9. The summed E-state index contributed by atoms with van der Waals surface area (Å²) in [4.78, 5) is 11.9. The van der Waals surface area contributed by atoms with Crippen molar-refractivity contribution in [2.24, 2.45) is 0 Å². The first-order chi connectivity index (χ1) is 10.6. The molecule has 2 aromatic rings. The molecule has 1 atom stereocenters. The van der Waals surface area contributed by atoms with Crippen LogP contribution in [0, 0.1) is 0 Å². The van der Waals surface area contributed by atoms with Crippen molar-refractivity contribution in [3.8, 4) is 0 Å². The van der Waals surface area contributed by atoms with Gasteiger partial charge in [-0.25, -0.2) is 0 Å². The second-order valence-electron chi connectivity index (χ2n) is 5.69. The molecule has 0 fully saturated rings. The SMILES string of the molecule is CC(C)c1ccc(CSCC(=O)NC(C)c2ccco2)cc1. The number of nitrogens with one attached hydrogen (secondary N) is 1. The first-order valence-corrected chi connectivity index (χ1v) is 8.71. The molecule has 3 nitrogen and oxygen atoms in total. The Labute approximate surface area is 136 Å². The molecule has 1 heterocycles. The van der Waals surface area contributed by atoms with E-state index in [9.17, 15) is 4.79 Å². The largest absolute Gasteiger partial charge is 0.467 e. The summed E-state index contributed by atoms with van der Waals surface area (Å²) in [7, 11) is 0. The number of carbonyl (C=O) groups excluding carboxylic acids is 1. The molecule has 0 saturated carbocycles. The number of benzene rings is 1. The molecule has 1 aromatic carbocycles. The Morgan fingerprint density at radius 2 is 1.91 bits per heavy atom. The second kappa shape index (κ2) is 8.08. The van der Waals surface area contributed by atoms with Gasteiger partial charge in [0.15, 0.2) is 0 Å². The Kier molecular flexibility index (Phi) is 6.13. The Balaban J connectivity index is 1.72. The quantitative estimate of drug-likeness (QED) is 0.816. The molecule has 1 unspecified atom stereocenters. The van der Waals surface area contributed by atoms with E-state index in [4.69, 9.17) is 4.42 Å². The number of thioether (sulfide) groups is 1. The lowest BCUT2D eigenvalue weighted by atomic mass is 10.0. The van der Waals surface area contributed by atoms with Crippen LogP contribution in [0.4, 0.5) is 0 Å². The first-order valence-electron chi connectivity index (χ1n) is 7.55. The Hall–Kier alpha value is -1.68. The maximum Gasteiger partial charge on any atom is 0.230 e. The molecule has 0 radical (unpaired) electrons. The highest BCUT2D eigenvalue weighted by Gasteiger charge is 2.11. The number of hydrogen-bond acceptors (Lipinski definition) is 3. The van der Waals surface area contributed by atoms with Gasteiger partial charge in [-0.2, -0.15) is 0 Å². The van der Waals surface area contributed by atoms with Crippen LogP contribution >= 0.6 is 11.8 Å². The van der Waals surface area contributed by atoms with Gasteiger partial charge in [-0.3, -0.25) is 4.79 Å². The van der Waals surface area contributed by atoms with Crippen LogP contribution < -0.4 is 5.32 Å². The number of rotatable bonds is 7. The maximum atomic E-state index is 11.9. The molecule has 118 valence electrons. The summed E-state index contributed by atoms with van der Waals surface area (Å²) >= 11 is 1.63. The molecule has 1 N–H and O–H groups in total. The predicted molar refractivity (Wildman–Crippen MR) is 92.0 cm³/mol. The summed E-state index contributed by atoms with van der Waals surface area (Å²) in [6.45, 7) is 6.30. The molecule has 2 rings (SSSR count). The minimum atomic E-state index is -0.0894. The van der Waals surface area contributed by atoms with E-state index in [0.29, 0.717) is 11.7 Å². The fourth-order valence-electron chi connectivity index (χ4n) is 2.15. The molecule has 0 aliphatic rings. The van der Waals surface area contributed by atoms with E-state index in [1.807, 2.05) is 19.1 Å². The van der Waals surface area contributed by atoms with E-state index in [0.717, 1.165) is 11.5 Å². The highest BCUT2D eigenvalue weighted by molar-refractivity contribution is 7.99. The van der Waals surface area contributed by atoms with Crippen LogP contribution in [0.1, 0.15) is 49.6 Å². The smallest absolute Gasteiger partial charge is 0.230 e. The van der Waals surface area contributed by atoms with E-state index >= 15 is 0 Å². The highest BCUT2D eigenvalue weighted by atomic mass is 32.2. The molecular formula is C18H23NO2S. The normalized spacial score (nSPS) is 12.4. The summed E-state index contributed by atoms with van der Waals surface area (Å²) in [5.41, 5.74) is 2.60. The molecular weight excluding hydrogens is 294 g/mol. The van der Waals surface area contributed by atoms with E-state index in [1.165, 1.54) is 11.1 Å². The lowest BCUT2D eigenvalue weighted by molar-refractivity contribution is -0.119. The third kappa shape index (κ3) is 4.95. The summed E-state index contributed by atoms with van der Waals surface area (Å²) in [6, 6.07) is 12.2. The number of carbonyl (C=O) groups is 1. The molecule has 0 aliphatic carbocycles. The van der Waals surface area contributed by atoms with Crippen LogP contribution in [0.15, 0.2) is 47.1 Å². The fraction of sp³-hybridized carbons (Fsp3) is 0.389. The maximum absolute atomic E-state index is 11.9. The van der Waals surface area contributed by atoms with Gasteiger partial charge in [-0.1, -0.05) is 38.1 Å². The van der Waals surface area contributed by atoms with Crippen molar-refractivity contribution < 1.29 is 9.21 Å². The van der Waals surface area contributed by atoms with Gasteiger partial charge in [0, 0.05) is 5.75 Å². The molecule has 1 amide bonds. The van der Waals surface area contributed by atoms with Gasteiger partial charge >= 0.3 is 0 Å². The van der Waals surface area contributed by atoms with Crippen LogP contribution in [-0.2, 0) is 10.5 Å². The van der Waals surface area contributed by atoms with E-state index in [1.54, 1.807) is 18.0 Å². The van der Waals surface area contributed by atoms with Gasteiger partial charge in [0.1, 0.15) is 5.76 Å². The average Bonchev–Trinajstić information content (AvgIpc) is 3.02. The third-order valence-corrected chi connectivity index (χ3v) is 4.50. The Morgan fingerprint density at radius 3 is 2.50 bits per heavy atom. The van der Waals surface area contributed by atoms with Crippen molar-refractivity contribution in [2.75, 3.05) is 5.75 Å². The lowest BCUT2D eigenvalue weighted by Crippen LogP contribution is -2.27. The van der Waals surface area contributed by atoms with E-state index in [2.05, 4.69) is 43.4 Å². The summed E-state index contributed by atoms with van der Waals surface area (Å²) in [5, 5.41) is 2.94. The average molecular weight is 317 g/mol. The summed E-state index contributed by atoms with van der Waals surface area (Å²) < 4.78 is 5.28.